The van der Waals surface area contributed by atoms with Crippen molar-refractivity contribution in [2.24, 2.45) is 0 Å². The summed E-state index contributed by atoms with van der Waals surface area (Å²) < 4.78 is 0. The largest absolute Gasteiger partial charge is 0.332 e. The average Bonchev–Trinajstić information content (AvgIpc) is 2.89. The second-order valence-corrected chi connectivity index (χ2v) is 5.41. The summed E-state index contributed by atoms with van der Waals surface area (Å²) in [5, 5.41) is 1.82. The zero-order valence-electron chi connectivity index (χ0n) is 10.8. The summed E-state index contributed by atoms with van der Waals surface area (Å²) in [6.07, 6.45) is 0.827. The molecule has 0 aliphatic carbocycles. The van der Waals surface area contributed by atoms with Crippen molar-refractivity contribution < 1.29 is 14.4 Å². The number of thiophene rings is 1. The minimum Gasteiger partial charge on any atom is -0.332 e. The van der Waals surface area contributed by atoms with Gasteiger partial charge in [-0.05, 0) is 17.9 Å². The van der Waals surface area contributed by atoms with Crippen LogP contribution in [0.15, 0.2) is 17.5 Å². The predicted molar refractivity (Wildman–Crippen MR) is 72.1 cm³/mol. The maximum Gasteiger partial charge on any atom is 0.243 e. The first kappa shape index (κ1) is 13.7. The summed E-state index contributed by atoms with van der Waals surface area (Å²) in [4.78, 5) is 39.2. The van der Waals surface area contributed by atoms with Gasteiger partial charge in [-0.1, -0.05) is 13.0 Å². The molecule has 0 saturated carbocycles. The molecule has 1 aliphatic rings. The summed E-state index contributed by atoms with van der Waals surface area (Å²) in [5.41, 5.74) is 0. The molecule has 0 aromatic carbocycles. The van der Waals surface area contributed by atoms with Crippen LogP contribution in [0.3, 0.4) is 0 Å². The number of Topliss-reactive ketones (excluding diaryl/α,β-unsaturated/α-hetero) is 1. The molecule has 0 atom stereocenters. The zero-order valence-corrected chi connectivity index (χ0v) is 11.6. The Bertz CT molecular complexity index is 484. The smallest absolute Gasteiger partial charge is 0.243 e. The van der Waals surface area contributed by atoms with Gasteiger partial charge in [0.15, 0.2) is 5.78 Å². The van der Waals surface area contributed by atoms with Crippen LogP contribution < -0.4 is 0 Å². The topological polar surface area (TPSA) is 57.7 Å². The summed E-state index contributed by atoms with van der Waals surface area (Å²) in [7, 11) is 0. The molecular weight excluding hydrogens is 264 g/mol. The van der Waals surface area contributed by atoms with Crippen LogP contribution in [-0.4, -0.2) is 53.6 Å². The highest BCUT2D eigenvalue weighted by Crippen LogP contribution is 2.12. The molecule has 0 unspecified atom stereocenters. The summed E-state index contributed by atoms with van der Waals surface area (Å²) >= 11 is 1.35. The maximum atomic E-state index is 11.9. The van der Waals surface area contributed by atoms with Crippen molar-refractivity contribution in [1.82, 2.24) is 9.80 Å². The lowest BCUT2D eigenvalue weighted by Crippen LogP contribution is -2.54. The van der Waals surface area contributed by atoms with Crippen molar-refractivity contribution in [2.75, 3.05) is 26.2 Å². The van der Waals surface area contributed by atoms with Gasteiger partial charge in [0.25, 0.3) is 0 Å². The van der Waals surface area contributed by atoms with Gasteiger partial charge >= 0.3 is 0 Å². The first-order chi connectivity index (χ1) is 9.11. The van der Waals surface area contributed by atoms with Gasteiger partial charge in [-0.3, -0.25) is 14.4 Å². The molecule has 5 nitrogen and oxygen atoms in total. The highest BCUT2D eigenvalue weighted by molar-refractivity contribution is 7.12. The lowest BCUT2D eigenvalue weighted by Gasteiger charge is -2.33. The van der Waals surface area contributed by atoms with E-state index in [2.05, 4.69) is 0 Å². The molecule has 0 spiro atoms. The van der Waals surface area contributed by atoms with Gasteiger partial charge in [-0.25, -0.2) is 0 Å². The van der Waals surface area contributed by atoms with Crippen LogP contribution in [0.25, 0.3) is 0 Å². The van der Waals surface area contributed by atoms with Crippen LogP contribution >= 0.6 is 11.3 Å². The molecule has 2 amide bonds. The van der Waals surface area contributed by atoms with Gasteiger partial charge in [-0.15, -0.1) is 11.3 Å². The normalized spacial score (nSPS) is 16.1. The standard InChI is InChI=1S/C13H16N2O3S/c1-2-5-14-8-13(18)15(9-12(14)17)7-10(16)11-4-3-6-19-11/h3-4,6H,2,5,7-9H2,1H3. The number of hydrogen-bond donors (Lipinski definition) is 0. The highest BCUT2D eigenvalue weighted by atomic mass is 32.1. The maximum absolute atomic E-state index is 11.9. The lowest BCUT2D eigenvalue weighted by molar-refractivity contribution is -0.149. The van der Waals surface area contributed by atoms with E-state index in [9.17, 15) is 14.4 Å². The molecule has 1 aliphatic heterocycles. The summed E-state index contributed by atoms with van der Waals surface area (Å²) in [5.74, 6) is -0.349. The van der Waals surface area contributed by atoms with E-state index in [0.717, 1.165) is 6.42 Å². The molecule has 1 aromatic rings. The van der Waals surface area contributed by atoms with E-state index in [0.29, 0.717) is 11.4 Å². The van der Waals surface area contributed by atoms with Crippen LogP contribution in [0.1, 0.15) is 23.0 Å². The second-order valence-electron chi connectivity index (χ2n) is 4.47. The Morgan fingerprint density at radius 3 is 2.58 bits per heavy atom. The fourth-order valence-corrected chi connectivity index (χ4v) is 2.67. The average molecular weight is 280 g/mol. The van der Waals surface area contributed by atoms with Crippen molar-refractivity contribution in [3.63, 3.8) is 0 Å². The Morgan fingerprint density at radius 1 is 1.26 bits per heavy atom. The van der Waals surface area contributed by atoms with E-state index in [-0.39, 0.29) is 37.2 Å². The minimum absolute atomic E-state index is 0.00888. The van der Waals surface area contributed by atoms with E-state index in [1.54, 1.807) is 17.0 Å². The SMILES string of the molecule is CCCN1CC(=O)N(CC(=O)c2cccs2)CC1=O. The van der Waals surface area contributed by atoms with Crippen molar-refractivity contribution in [3.8, 4) is 0 Å². The minimum atomic E-state index is -0.155. The van der Waals surface area contributed by atoms with Crippen molar-refractivity contribution >= 4 is 28.9 Å². The van der Waals surface area contributed by atoms with Gasteiger partial charge in [-0.2, -0.15) is 0 Å². The van der Waals surface area contributed by atoms with Gasteiger partial charge in [0.2, 0.25) is 11.8 Å². The third-order valence-electron chi connectivity index (χ3n) is 2.98. The number of hydrogen-bond acceptors (Lipinski definition) is 4. The molecule has 6 heteroatoms. The third kappa shape index (κ3) is 3.20. The number of amides is 2. The number of rotatable bonds is 5. The fourth-order valence-electron chi connectivity index (χ4n) is 2.01. The van der Waals surface area contributed by atoms with Gasteiger partial charge in [0, 0.05) is 6.54 Å². The van der Waals surface area contributed by atoms with Gasteiger partial charge < -0.3 is 9.80 Å². The predicted octanol–water partition coefficient (Wildman–Crippen LogP) is 1.01. The zero-order chi connectivity index (χ0) is 13.8. The third-order valence-corrected chi connectivity index (χ3v) is 3.89. The Kier molecular flexibility index (Phi) is 4.31. The molecule has 1 fully saturated rings. The molecule has 1 aromatic heterocycles. The van der Waals surface area contributed by atoms with E-state index in [1.165, 1.54) is 16.2 Å². The number of ketones is 1. The Hall–Kier alpha value is -1.69. The lowest BCUT2D eigenvalue weighted by atomic mass is 10.2. The van der Waals surface area contributed by atoms with E-state index in [4.69, 9.17) is 0 Å². The molecule has 0 radical (unpaired) electrons. The van der Waals surface area contributed by atoms with E-state index >= 15 is 0 Å². The highest BCUT2D eigenvalue weighted by Gasteiger charge is 2.30. The molecule has 19 heavy (non-hydrogen) atoms. The Balaban J connectivity index is 1.97. The van der Waals surface area contributed by atoms with Crippen molar-refractivity contribution in [2.45, 2.75) is 13.3 Å². The van der Waals surface area contributed by atoms with Crippen LogP contribution in [0.4, 0.5) is 0 Å². The first-order valence-electron chi connectivity index (χ1n) is 6.24. The second kappa shape index (κ2) is 5.97. The summed E-state index contributed by atoms with van der Waals surface area (Å²) in [6, 6.07) is 3.52. The Labute approximate surface area is 115 Å². The van der Waals surface area contributed by atoms with Crippen LogP contribution in [0.2, 0.25) is 0 Å². The van der Waals surface area contributed by atoms with Crippen LogP contribution in [0, 0.1) is 0 Å². The molecule has 0 bridgehead atoms. The van der Waals surface area contributed by atoms with Crippen LogP contribution in [-0.2, 0) is 9.59 Å². The van der Waals surface area contributed by atoms with E-state index < -0.39 is 0 Å². The molecule has 1 saturated heterocycles. The van der Waals surface area contributed by atoms with E-state index in [1.807, 2.05) is 12.3 Å². The molecule has 2 rings (SSSR count). The quantitative estimate of drug-likeness (QED) is 0.756. The fraction of sp³-hybridized carbons (Fsp3) is 0.462. The number of carbonyl (C=O) groups is 3. The van der Waals surface area contributed by atoms with Gasteiger partial charge in [0.1, 0.15) is 6.54 Å². The summed E-state index contributed by atoms with van der Waals surface area (Å²) in [6.45, 7) is 2.65. The number of nitrogens with zero attached hydrogens (tertiary/aromatic N) is 2. The molecule has 102 valence electrons. The monoisotopic (exact) mass is 280 g/mol. The van der Waals surface area contributed by atoms with Crippen molar-refractivity contribution in [1.29, 1.82) is 0 Å². The molecule has 0 N–H and O–H groups in total. The van der Waals surface area contributed by atoms with Crippen molar-refractivity contribution in [3.05, 3.63) is 22.4 Å². The van der Waals surface area contributed by atoms with Crippen LogP contribution in [0.5, 0.6) is 0 Å². The molecule has 2 heterocycles. The number of piperazine rings is 1. The molecular formula is C13H16N2O3S. The first-order valence-corrected chi connectivity index (χ1v) is 7.12. The van der Waals surface area contributed by atoms with Gasteiger partial charge in [0.05, 0.1) is 18.0 Å². The number of carbonyl (C=O) groups excluding carboxylic acids is 3. The Morgan fingerprint density at radius 2 is 1.95 bits per heavy atom.